The van der Waals surface area contributed by atoms with Crippen LogP contribution < -0.4 is 16.0 Å². The van der Waals surface area contributed by atoms with Crippen molar-refractivity contribution in [2.75, 3.05) is 32.8 Å². The summed E-state index contributed by atoms with van der Waals surface area (Å²) in [5, 5.41) is 9.56. The summed E-state index contributed by atoms with van der Waals surface area (Å²) in [5.41, 5.74) is 2.92. The number of hydrogen-bond acceptors (Lipinski definition) is 6. The van der Waals surface area contributed by atoms with Crippen molar-refractivity contribution in [3.05, 3.63) is 34.9 Å². The number of carbonyl (C=O) groups excluding carboxylic acids is 3. The summed E-state index contributed by atoms with van der Waals surface area (Å²) in [6, 6.07) is 5.40. The van der Waals surface area contributed by atoms with Crippen LogP contribution in [-0.2, 0) is 27.4 Å². The predicted molar refractivity (Wildman–Crippen MR) is 122 cm³/mol. The quantitative estimate of drug-likeness (QED) is 0.561. The fraction of sp³-hybridized carbons (Fsp3) is 0.640. The highest BCUT2D eigenvalue weighted by Crippen LogP contribution is 2.42. The van der Waals surface area contributed by atoms with Gasteiger partial charge >= 0.3 is 0 Å². The first-order chi connectivity index (χ1) is 16.1. The summed E-state index contributed by atoms with van der Waals surface area (Å²) in [4.78, 5) is 38.8. The summed E-state index contributed by atoms with van der Waals surface area (Å²) in [6.07, 6.45) is 5.25. The third kappa shape index (κ3) is 4.44. The van der Waals surface area contributed by atoms with Crippen LogP contribution in [0.25, 0.3) is 0 Å². The minimum atomic E-state index is -0.575. The van der Waals surface area contributed by atoms with Gasteiger partial charge in [0.2, 0.25) is 11.8 Å². The molecule has 33 heavy (non-hydrogen) atoms. The molecule has 178 valence electrons. The van der Waals surface area contributed by atoms with E-state index in [1.54, 1.807) is 4.90 Å². The molecule has 4 aliphatic rings. The molecule has 4 aliphatic heterocycles. The van der Waals surface area contributed by atoms with Crippen molar-refractivity contribution in [2.45, 2.75) is 57.7 Å². The number of nitrogens with zero attached hydrogens (tertiary/aromatic N) is 1. The van der Waals surface area contributed by atoms with Crippen LogP contribution in [0.3, 0.4) is 0 Å². The maximum absolute atomic E-state index is 13.3. The Hall–Kier alpha value is -2.29. The van der Waals surface area contributed by atoms with Gasteiger partial charge in [-0.1, -0.05) is 18.2 Å². The van der Waals surface area contributed by atoms with Gasteiger partial charge in [-0.25, -0.2) is 0 Å². The molecule has 8 heteroatoms. The first-order valence-electron chi connectivity index (χ1n) is 12.3. The molecule has 4 heterocycles. The van der Waals surface area contributed by atoms with Gasteiger partial charge in [-0.15, -0.1) is 0 Å². The molecular formula is C25H34N4O4. The number of fused-ring (bicyclic) bond motifs is 1. The zero-order valence-electron chi connectivity index (χ0n) is 19.2. The van der Waals surface area contributed by atoms with E-state index in [1.807, 2.05) is 18.2 Å². The van der Waals surface area contributed by atoms with Gasteiger partial charge in [-0.05, 0) is 67.7 Å². The summed E-state index contributed by atoms with van der Waals surface area (Å²) in [6.45, 7) is 5.80. The SMILES string of the molecule is O=C1CCC(N2Cc3cccc(CNCC4(C5CCNCC5)CCOCC4)c3C2=O)C(=O)N1. The number of ether oxygens (including phenoxy) is 1. The van der Waals surface area contributed by atoms with Crippen molar-refractivity contribution >= 4 is 17.7 Å². The van der Waals surface area contributed by atoms with E-state index in [0.29, 0.717) is 25.4 Å². The number of amides is 3. The number of nitrogens with one attached hydrogen (secondary N) is 3. The summed E-state index contributed by atoms with van der Waals surface area (Å²) < 4.78 is 5.69. The van der Waals surface area contributed by atoms with Crippen molar-refractivity contribution in [3.63, 3.8) is 0 Å². The van der Waals surface area contributed by atoms with Gasteiger partial charge in [-0.3, -0.25) is 19.7 Å². The van der Waals surface area contributed by atoms with E-state index in [1.165, 1.54) is 12.8 Å². The second-order valence-corrected chi connectivity index (χ2v) is 9.95. The van der Waals surface area contributed by atoms with Gasteiger partial charge in [0.25, 0.3) is 5.91 Å². The average molecular weight is 455 g/mol. The molecule has 0 bridgehead atoms. The molecule has 3 saturated heterocycles. The molecule has 1 aromatic carbocycles. The highest BCUT2D eigenvalue weighted by atomic mass is 16.5. The van der Waals surface area contributed by atoms with Gasteiger partial charge in [0.1, 0.15) is 6.04 Å². The molecule has 8 nitrogen and oxygen atoms in total. The van der Waals surface area contributed by atoms with Gasteiger partial charge in [0, 0.05) is 44.8 Å². The molecule has 0 radical (unpaired) electrons. The van der Waals surface area contributed by atoms with E-state index in [9.17, 15) is 14.4 Å². The van der Waals surface area contributed by atoms with Gasteiger partial charge in [0.05, 0.1) is 0 Å². The van der Waals surface area contributed by atoms with Gasteiger partial charge in [0.15, 0.2) is 0 Å². The Balaban J connectivity index is 1.27. The van der Waals surface area contributed by atoms with Crippen molar-refractivity contribution in [2.24, 2.45) is 11.3 Å². The van der Waals surface area contributed by atoms with Crippen LogP contribution >= 0.6 is 0 Å². The minimum absolute atomic E-state index is 0.101. The highest BCUT2D eigenvalue weighted by molar-refractivity contribution is 6.05. The molecule has 3 fully saturated rings. The van der Waals surface area contributed by atoms with Crippen molar-refractivity contribution in [1.29, 1.82) is 0 Å². The third-order valence-corrected chi connectivity index (χ3v) is 8.13. The second-order valence-electron chi connectivity index (χ2n) is 9.95. The number of carbonyl (C=O) groups is 3. The average Bonchev–Trinajstić information content (AvgIpc) is 3.17. The summed E-state index contributed by atoms with van der Waals surface area (Å²) in [7, 11) is 0. The van der Waals surface area contributed by atoms with Crippen LogP contribution in [0.1, 0.15) is 60.0 Å². The first-order valence-corrected chi connectivity index (χ1v) is 12.3. The van der Waals surface area contributed by atoms with Crippen LogP contribution in [0.5, 0.6) is 0 Å². The maximum atomic E-state index is 13.3. The smallest absolute Gasteiger partial charge is 0.255 e. The minimum Gasteiger partial charge on any atom is -0.381 e. The molecule has 1 aromatic rings. The number of imide groups is 1. The molecule has 0 saturated carbocycles. The van der Waals surface area contributed by atoms with Crippen molar-refractivity contribution < 1.29 is 19.1 Å². The van der Waals surface area contributed by atoms with Crippen LogP contribution in [0.4, 0.5) is 0 Å². The Morgan fingerprint density at radius 1 is 1.09 bits per heavy atom. The largest absolute Gasteiger partial charge is 0.381 e. The van der Waals surface area contributed by atoms with E-state index in [2.05, 4.69) is 16.0 Å². The van der Waals surface area contributed by atoms with Crippen LogP contribution in [0, 0.1) is 11.3 Å². The van der Waals surface area contributed by atoms with E-state index in [0.717, 1.165) is 62.4 Å². The number of benzene rings is 1. The molecule has 3 N–H and O–H groups in total. The first kappa shape index (κ1) is 22.5. The lowest BCUT2D eigenvalue weighted by Gasteiger charge is -2.45. The lowest BCUT2D eigenvalue weighted by atomic mass is 9.66. The summed E-state index contributed by atoms with van der Waals surface area (Å²) in [5.74, 6) is -0.0334. The zero-order chi connectivity index (χ0) is 22.8. The fourth-order valence-electron chi connectivity index (χ4n) is 6.22. The molecule has 1 atom stereocenters. The fourth-order valence-corrected chi connectivity index (χ4v) is 6.22. The molecule has 5 rings (SSSR count). The molecule has 3 amide bonds. The van der Waals surface area contributed by atoms with Crippen molar-refractivity contribution in [3.8, 4) is 0 Å². The van der Waals surface area contributed by atoms with E-state index >= 15 is 0 Å². The Labute approximate surface area is 194 Å². The zero-order valence-corrected chi connectivity index (χ0v) is 19.2. The highest BCUT2D eigenvalue weighted by Gasteiger charge is 2.41. The van der Waals surface area contributed by atoms with Crippen LogP contribution in [-0.4, -0.2) is 61.5 Å². The molecule has 1 unspecified atom stereocenters. The molecule has 0 aromatic heterocycles. The topological polar surface area (TPSA) is 99.8 Å². The molecule has 0 spiro atoms. The third-order valence-electron chi connectivity index (χ3n) is 8.13. The van der Waals surface area contributed by atoms with Gasteiger partial charge < -0.3 is 20.3 Å². The second kappa shape index (κ2) is 9.52. The normalized spacial score (nSPS) is 25.8. The monoisotopic (exact) mass is 454 g/mol. The number of rotatable bonds is 6. The standard InChI is InChI=1S/C25H34N4O4/c30-21-5-4-20(23(31)28-21)29-15-18-3-1-2-17(22(18)24(29)32)14-27-16-25(8-12-33-13-9-25)19-6-10-26-11-7-19/h1-3,19-20,26-27H,4-16H2,(H,28,30,31). The number of hydrogen-bond donors (Lipinski definition) is 3. The van der Waals surface area contributed by atoms with E-state index in [-0.39, 0.29) is 29.6 Å². The lowest BCUT2D eigenvalue weighted by Crippen LogP contribution is -2.52. The Morgan fingerprint density at radius 3 is 2.64 bits per heavy atom. The number of piperidine rings is 2. The summed E-state index contributed by atoms with van der Waals surface area (Å²) >= 11 is 0. The Bertz CT molecular complexity index is 921. The van der Waals surface area contributed by atoms with Gasteiger partial charge in [-0.2, -0.15) is 0 Å². The molecular weight excluding hydrogens is 420 g/mol. The van der Waals surface area contributed by atoms with Crippen LogP contribution in [0.2, 0.25) is 0 Å². The van der Waals surface area contributed by atoms with Crippen LogP contribution in [0.15, 0.2) is 18.2 Å². The Kier molecular flexibility index (Phi) is 6.49. The maximum Gasteiger partial charge on any atom is 0.255 e. The lowest BCUT2D eigenvalue weighted by molar-refractivity contribution is -0.136. The molecule has 0 aliphatic carbocycles. The van der Waals surface area contributed by atoms with E-state index < -0.39 is 6.04 Å². The van der Waals surface area contributed by atoms with E-state index in [4.69, 9.17) is 4.74 Å². The van der Waals surface area contributed by atoms with Crippen molar-refractivity contribution in [1.82, 2.24) is 20.9 Å². The predicted octanol–water partition coefficient (Wildman–Crippen LogP) is 1.33. The Morgan fingerprint density at radius 2 is 1.88 bits per heavy atom.